The van der Waals surface area contributed by atoms with Gasteiger partial charge in [-0.25, -0.2) is 4.39 Å². The maximum Gasteiger partial charge on any atom is 0.122 e. The van der Waals surface area contributed by atoms with E-state index in [1.165, 1.54) is 40.8 Å². The molecule has 1 aromatic carbocycles. The first-order valence-corrected chi connectivity index (χ1v) is 8.45. The maximum atomic E-state index is 14.2. The van der Waals surface area contributed by atoms with Crippen LogP contribution in [0.5, 0.6) is 0 Å². The van der Waals surface area contributed by atoms with Gasteiger partial charge in [-0.2, -0.15) is 0 Å². The molecule has 0 bridgehead atoms. The second-order valence-corrected chi connectivity index (χ2v) is 7.91. The average molecular weight is 300 g/mol. The number of hydrogen-bond acceptors (Lipinski definition) is 2. The van der Waals surface area contributed by atoms with Crippen LogP contribution in [0.3, 0.4) is 0 Å². The molecule has 1 fully saturated rings. The first-order chi connectivity index (χ1) is 10.4. The normalized spacial score (nSPS) is 24.1. The van der Waals surface area contributed by atoms with Gasteiger partial charge in [0, 0.05) is 18.3 Å². The van der Waals surface area contributed by atoms with Crippen molar-refractivity contribution in [1.82, 2.24) is 4.90 Å². The van der Waals surface area contributed by atoms with Crippen molar-refractivity contribution in [2.45, 2.75) is 57.8 Å². The van der Waals surface area contributed by atoms with Crippen LogP contribution in [-0.2, 0) is 19.4 Å². The Balaban J connectivity index is 1.70. The number of hydrogen-bond donors (Lipinski definition) is 1. The number of rotatable bonds is 3. The highest BCUT2D eigenvalue weighted by molar-refractivity contribution is 5.62. The van der Waals surface area contributed by atoms with Gasteiger partial charge >= 0.3 is 0 Å². The Morgan fingerprint density at radius 3 is 2.50 bits per heavy atom. The zero-order valence-electron chi connectivity index (χ0n) is 13.5. The minimum absolute atomic E-state index is 0.270. The predicted molar refractivity (Wildman–Crippen MR) is 88.1 cm³/mol. The first kappa shape index (κ1) is 14.3. The lowest BCUT2D eigenvalue weighted by Gasteiger charge is -2.35. The molecule has 22 heavy (non-hydrogen) atoms. The van der Waals surface area contributed by atoms with Crippen LogP contribution >= 0.6 is 0 Å². The average Bonchev–Trinajstić information content (AvgIpc) is 3.16. The van der Waals surface area contributed by atoms with E-state index in [9.17, 15) is 4.39 Å². The molecule has 1 aromatic rings. The fraction of sp³-hybridized carbons (Fsp3) is 0.579. The summed E-state index contributed by atoms with van der Waals surface area (Å²) in [5.41, 5.74) is 11.8. The summed E-state index contributed by atoms with van der Waals surface area (Å²) < 4.78 is 14.2. The SMILES string of the molecule is CC(C)(F)CN1Cc2cc3c(cc2C=C1C1CC1)CC(N)C3. The van der Waals surface area contributed by atoms with E-state index in [1.54, 1.807) is 13.8 Å². The lowest BCUT2D eigenvalue weighted by molar-refractivity contribution is 0.139. The summed E-state index contributed by atoms with van der Waals surface area (Å²) in [4.78, 5) is 2.27. The van der Waals surface area contributed by atoms with Gasteiger partial charge < -0.3 is 10.6 Å². The number of alkyl halides is 1. The Kier molecular flexibility index (Phi) is 3.12. The van der Waals surface area contributed by atoms with Crippen LogP contribution < -0.4 is 5.73 Å². The van der Waals surface area contributed by atoms with Crippen molar-refractivity contribution >= 4 is 6.08 Å². The Labute approximate surface area is 132 Å². The molecule has 3 aliphatic rings. The predicted octanol–water partition coefficient (Wildman–Crippen LogP) is 3.43. The third-order valence-corrected chi connectivity index (χ3v) is 5.02. The fourth-order valence-corrected chi connectivity index (χ4v) is 3.95. The molecule has 2 aliphatic carbocycles. The molecule has 4 rings (SSSR count). The highest BCUT2D eigenvalue weighted by Gasteiger charge is 2.35. The third kappa shape index (κ3) is 2.67. The number of nitrogens with two attached hydrogens (primary N) is 1. The lowest BCUT2D eigenvalue weighted by atomic mass is 9.94. The largest absolute Gasteiger partial charge is 0.367 e. The molecule has 0 aromatic heterocycles. The number of benzene rings is 1. The monoisotopic (exact) mass is 300 g/mol. The molecule has 1 aliphatic heterocycles. The topological polar surface area (TPSA) is 29.3 Å². The minimum Gasteiger partial charge on any atom is -0.367 e. The minimum atomic E-state index is -1.16. The third-order valence-electron chi connectivity index (χ3n) is 5.02. The molecule has 1 unspecified atom stereocenters. The Bertz CT molecular complexity index is 638. The molecule has 0 spiro atoms. The number of halogens is 1. The van der Waals surface area contributed by atoms with Crippen molar-refractivity contribution < 1.29 is 4.39 Å². The number of allylic oxidation sites excluding steroid dienone is 1. The first-order valence-electron chi connectivity index (χ1n) is 8.45. The van der Waals surface area contributed by atoms with Crippen molar-refractivity contribution in [3.63, 3.8) is 0 Å². The van der Waals surface area contributed by atoms with Crippen LogP contribution in [0.4, 0.5) is 4.39 Å². The molecule has 0 amide bonds. The molecule has 118 valence electrons. The van der Waals surface area contributed by atoms with E-state index in [0.29, 0.717) is 12.5 Å². The maximum absolute atomic E-state index is 14.2. The van der Waals surface area contributed by atoms with Gasteiger partial charge in [0.2, 0.25) is 0 Å². The van der Waals surface area contributed by atoms with E-state index in [0.717, 1.165) is 19.4 Å². The van der Waals surface area contributed by atoms with Crippen molar-refractivity contribution in [2.75, 3.05) is 6.54 Å². The standard InChI is InChI=1S/C19H25FN2/c1-19(2,20)11-22-10-16-6-14-8-17(21)7-13(14)5-15(16)9-18(22)12-3-4-12/h5-6,9,12,17H,3-4,7-8,10-11,21H2,1-2H3. The Morgan fingerprint density at radius 2 is 1.86 bits per heavy atom. The van der Waals surface area contributed by atoms with E-state index in [1.807, 2.05) is 0 Å². The van der Waals surface area contributed by atoms with Gasteiger partial charge in [-0.05, 0) is 73.8 Å². The molecule has 2 nitrogen and oxygen atoms in total. The van der Waals surface area contributed by atoms with E-state index in [-0.39, 0.29) is 6.04 Å². The highest BCUT2D eigenvalue weighted by atomic mass is 19.1. The fourth-order valence-electron chi connectivity index (χ4n) is 3.95. The van der Waals surface area contributed by atoms with Gasteiger partial charge in [0.25, 0.3) is 0 Å². The highest BCUT2D eigenvalue weighted by Crippen LogP contribution is 2.43. The Morgan fingerprint density at radius 1 is 1.18 bits per heavy atom. The molecule has 1 heterocycles. The van der Waals surface area contributed by atoms with E-state index >= 15 is 0 Å². The smallest absolute Gasteiger partial charge is 0.122 e. The van der Waals surface area contributed by atoms with Gasteiger partial charge in [-0.1, -0.05) is 12.1 Å². The van der Waals surface area contributed by atoms with Crippen molar-refractivity contribution in [2.24, 2.45) is 11.7 Å². The molecule has 1 atom stereocenters. The second-order valence-electron chi connectivity index (χ2n) is 7.91. The van der Waals surface area contributed by atoms with E-state index < -0.39 is 5.67 Å². The zero-order chi connectivity index (χ0) is 15.5. The summed E-state index contributed by atoms with van der Waals surface area (Å²) in [6, 6.07) is 4.92. The van der Waals surface area contributed by atoms with E-state index in [2.05, 4.69) is 23.1 Å². The van der Waals surface area contributed by atoms with Crippen LogP contribution in [0.2, 0.25) is 0 Å². The van der Waals surface area contributed by atoms with Crippen LogP contribution in [-0.4, -0.2) is 23.2 Å². The van der Waals surface area contributed by atoms with Crippen LogP contribution in [0, 0.1) is 5.92 Å². The summed E-state index contributed by atoms with van der Waals surface area (Å²) in [6.45, 7) is 4.67. The molecule has 0 radical (unpaired) electrons. The number of fused-ring (bicyclic) bond motifs is 2. The van der Waals surface area contributed by atoms with Gasteiger partial charge in [0.15, 0.2) is 0 Å². The Hall–Kier alpha value is -1.35. The molecule has 2 N–H and O–H groups in total. The van der Waals surface area contributed by atoms with Crippen molar-refractivity contribution in [3.8, 4) is 0 Å². The quantitative estimate of drug-likeness (QED) is 0.926. The summed E-state index contributed by atoms with van der Waals surface area (Å²) >= 11 is 0. The molecular weight excluding hydrogens is 275 g/mol. The lowest BCUT2D eigenvalue weighted by Crippen LogP contribution is -2.37. The van der Waals surface area contributed by atoms with Gasteiger partial charge in [-0.3, -0.25) is 0 Å². The summed E-state index contributed by atoms with van der Waals surface area (Å²) in [7, 11) is 0. The number of nitrogens with zero attached hydrogens (tertiary/aromatic N) is 1. The van der Waals surface area contributed by atoms with Gasteiger partial charge in [0.1, 0.15) is 5.67 Å². The summed E-state index contributed by atoms with van der Waals surface area (Å²) in [6.07, 6.45) is 6.79. The second kappa shape index (κ2) is 4.82. The zero-order valence-corrected chi connectivity index (χ0v) is 13.5. The molecular formula is C19H25FN2. The summed E-state index contributed by atoms with van der Waals surface area (Å²) in [5, 5.41) is 0. The van der Waals surface area contributed by atoms with E-state index in [4.69, 9.17) is 5.73 Å². The molecule has 1 saturated carbocycles. The molecule has 0 saturated heterocycles. The van der Waals surface area contributed by atoms with Crippen LogP contribution in [0.15, 0.2) is 17.8 Å². The van der Waals surface area contributed by atoms with Gasteiger partial charge in [-0.15, -0.1) is 0 Å². The van der Waals surface area contributed by atoms with Crippen LogP contribution in [0.25, 0.3) is 6.08 Å². The summed E-state index contributed by atoms with van der Waals surface area (Å²) in [5.74, 6) is 0.644. The van der Waals surface area contributed by atoms with Gasteiger partial charge in [0.05, 0.1) is 6.54 Å². The molecule has 3 heteroatoms. The van der Waals surface area contributed by atoms with Crippen LogP contribution in [0.1, 0.15) is 48.9 Å². The van der Waals surface area contributed by atoms with Crippen molar-refractivity contribution in [1.29, 1.82) is 0 Å². The van der Waals surface area contributed by atoms with Crippen molar-refractivity contribution in [3.05, 3.63) is 40.1 Å².